The van der Waals surface area contributed by atoms with E-state index in [2.05, 4.69) is 9.88 Å². The highest BCUT2D eigenvalue weighted by Gasteiger charge is 2.35. The number of hydrogen-bond acceptors (Lipinski definition) is 4. The molecule has 0 radical (unpaired) electrons. The van der Waals surface area contributed by atoms with Gasteiger partial charge in [0.1, 0.15) is 6.26 Å². The number of likely N-dealkylation sites (tertiary alicyclic amines) is 1. The highest BCUT2D eigenvalue weighted by Crippen LogP contribution is 2.33. The number of aromatic nitrogens is 1. The maximum Gasteiger partial charge on any atom is 0.211 e. The number of nitrogens with two attached hydrogens (primary N) is 1. The summed E-state index contributed by atoms with van der Waals surface area (Å²) in [6.45, 7) is 2.16. The molecule has 1 aromatic rings. The molecule has 2 fully saturated rings. The van der Waals surface area contributed by atoms with Crippen molar-refractivity contribution >= 4 is 0 Å². The van der Waals surface area contributed by atoms with E-state index in [-0.39, 0.29) is 6.04 Å². The quantitative estimate of drug-likeness (QED) is 0.893. The Kier molecular flexibility index (Phi) is 3.66. The SMILES string of the molecule is N[C@H]1C[C@@H](c2ncco2)N(CC2CCCCC2)C1. The van der Waals surface area contributed by atoms with Crippen molar-refractivity contribution in [2.45, 2.75) is 50.6 Å². The fourth-order valence-corrected chi connectivity index (χ4v) is 3.50. The van der Waals surface area contributed by atoms with Gasteiger partial charge in [0.25, 0.3) is 0 Å². The van der Waals surface area contributed by atoms with E-state index in [9.17, 15) is 0 Å². The van der Waals surface area contributed by atoms with Gasteiger partial charge in [-0.15, -0.1) is 0 Å². The molecule has 4 nitrogen and oxygen atoms in total. The molecule has 0 unspecified atom stereocenters. The van der Waals surface area contributed by atoms with Crippen molar-refractivity contribution in [3.63, 3.8) is 0 Å². The molecule has 1 saturated carbocycles. The van der Waals surface area contributed by atoms with Crippen molar-refractivity contribution in [1.29, 1.82) is 0 Å². The molecular weight excluding hydrogens is 226 g/mol. The van der Waals surface area contributed by atoms with Crippen molar-refractivity contribution in [2.75, 3.05) is 13.1 Å². The van der Waals surface area contributed by atoms with E-state index >= 15 is 0 Å². The molecule has 2 N–H and O–H groups in total. The fourth-order valence-electron chi connectivity index (χ4n) is 3.50. The van der Waals surface area contributed by atoms with E-state index in [1.54, 1.807) is 12.5 Å². The van der Waals surface area contributed by atoms with Gasteiger partial charge in [-0.2, -0.15) is 0 Å². The standard InChI is InChI=1S/C14H23N3O/c15-12-8-13(14-16-6-7-18-14)17(10-12)9-11-4-2-1-3-5-11/h6-7,11-13H,1-5,8-10,15H2/t12-,13-/m0/s1. The average Bonchev–Trinajstić information content (AvgIpc) is 3.00. The molecule has 1 aromatic heterocycles. The summed E-state index contributed by atoms with van der Waals surface area (Å²) < 4.78 is 5.48. The Morgan fingerprint density at radius 2 is 2.17 bits per heavy atom. The smallest absolute Gasteiger partial charge is 0.211 e. The van der Waals surface area contributed by atoms with Gasteiger partial charge in [0, 0.05) is 19.1 Å². The maximum absolute atomic E-state index is 6.12. The minimum absolute atomic E-state index is 0.269. The van der Waals surface area contributed by atoms with E-state index in [1.807, 2.05) is 0 Å². The molecule has 0 amide bonds. The minimum Gasteiger partial charge on any atom is -0.447 e. The highest BCUT2D eigenvalue weighted by atomic mass is 16.3. The lowest BCUT2D eigenvalue weighted by Gasteiger charge is -2.29. The number of nitrogens with zero attached hydrogens (tertiary/aromatic N) is 2. The van der Waals surface area contributed by atoms with Crippen LogP contribution in [0.5, 0.6) is 0 Å². The maximum atomic E-state index is 6.12. The lowest BCUT2D eigenvalue weighted by molar-refractivity contribution is 0.169. The zero-order valence-corrected chi connectivity index (χ0v) is 10.9. The fraction of sp³-hybridized carbons (Fsp3) is 0.786. The van der Waals surface area contributed by atoms with Crippen LogP contribution in [-0.4, -0.2) is 29.0 Å². The molecule has 3 rings (SSSR count). The first-order chi connectivity index (χ1) is 8.83. The Morgan fingerprint density at radius 1 is 1.33 bits per heavy atom. The van der Waals surface area contributed by atoms with Gasteiger partial charge in [0.2, 0.25) is 5.89 Å². The molecule has 0 spiro atoms. The van der Waals surface area contributed by atoms with Gasteiger partial charge in [0.05, 0.1) is 12.2 Å². The lowest BCUT2D eigenvalue weighted by Crippen LogP contribution is -2.32. The van der Waals surface area contributed by atoms with Crippen LogP contribution >= 0.6 is 0 Å². The van der Waals surface area contributed by atoms with Gasteiger partial charge in [0.15, 0.2) is 0 Å². The summed E-state index contributed by atoms with van der Waals surface area (Å²) in [7, 11) is 0. The van der Waals surface area contributed by atoms with Crippen molar-refractivity contribution < 1.29 is 4.42 Å². The molecule has 1 aliphatic carbocycles. The highest BCUT2D eigenvalue weighted by molar-refractivity contribution is 4.99. The first-order valence-corrected chi connectivity index (χ1v) is 7.22. The van der Waals surface area contributed by atoms with Gasteiger partial charge in [-0.1, -0.05) is 19.3 Å². The van der Waals surface area contributed by atoms with Crippen LogP contribution in [0.1, 0.15) is 50.5 Å². The van der Waals surface area contributed by atoms with Crippen molar-refractivity contribution in [2.24, 2.45) is 11.7 Å². The van der Waals surface area contributed by atoms with Gasteiger partial charge in [-0.05, 0) is 25.2 Å². The third kappa shape index (κ3) is 2.59. The topological polar surface area (TPSA) is 55.3 Å². The normalized spacial score (nSPS) is 30.9. The second-order valence-corrected chi connectivity index (χ2v) is 5.84. The second-order valence-electron chi connectivity index (χ2n) is 5.84. The molecule has 1 aliphatic heterocycles. The molecule has 2 atom stereocenters. The third-order valence-corrected chi connectivity index (χ3v) is 4.39. The number of hydrogen-bond donors (Lipinski definition) is 1. The monoisotopic (exact) mass is 249 g/mol. The second kappa shape index (κ2) is 5.41. The van der Waals surface area contributed by atoms with Crippen LogP contribution in [0.2, 0.25) is 0 Å². The summed E-state index contributed by atoms with van der Waals surface area (Å²) in [6, 6.07) is 0.572. The zero-order chi connectivity index (χ0) is 12.4. The van der Waals surface area contributed by atoms with Crippen LogP contribution in [-0.2, 0) is 0 Å². The summed E-state index contributed by atoms with van der Waals surface area (Å²) in [5, 5.41) is 0. The third-order valence-electron chi connectivity index (χ3n) is 4.39. The van der Waals surface area contributed by atoms with Crippen LogP contribution in [0.3, 0.4) is 0 Å². The molecule has 4 heteroatoms. The molecular formula is C14H23N3O. The Hall–Kier alpha value is -0.870. The van der Waals surface area contributed by atoms with Crippen LogP contribution < -0.4 is 5.73 Å². The van der Waals surface area contributed by atoms with E-state index in [0.29, 0.717) is 6.04 Å². The van der Waals surface area contributed by atoms with Gasteiger partial charge < -0.3 is 10.2 Å². The van der Waals surface area contributed by atoms with Gasteiger partial charge in [-0.3, -0.25) is 4.90 Å². The summed E-state index contributed by atoms with van der Waals surface area (Å²) >= 11 is 0. The minimum atomic E-state index is 0.269. The van der Waals surface area contributed by atoms with Crippen LogP contribution in [0.25, 0.3) is 0 Å². The summed E-state index contributed by atoms with van der Waals surface area (Å²) in [5.41, 5.74) is 6.12. The predicted molar refractivity (Wildman–Crippen MR) is 70.0 cm³/mol. The Labute approximate surface area is 109 Å². The predicted octanol–water partition coefficient (Wildman–Crippen LogP) is 2.33. The molecule has 0 bridgehead atoms. The lowest BCUT2D eigenvalue weighted by atomic mass is 9.89. The largest absolute Gasteiger partial charge is 0.447 e. The molecule has 2 aliphatic rings. The Morgan fingerprint density at radius 3 is 2.89 bits per heavy atom. The molecule has 1 saturated heterocycles. The van der Waals surface area contributed by atoms with E-state index in [0.717, 1.165) is 24.8 Å². The molecule has 18 heavy (non-hydrogen) atoms. The van der Waals surface area contributed by atoms with Crippen molar-refractivity contribution in [3.05, 3.63) is 18.4 Å². The van der Waals surface area contributed by atoms with Crippen LogP contribution in [0.15, 0.2) is 16.9 Å². The summed E-state index contributed by atoms with van der Waals surface area (Å²) in [4.78, 5) is 6.80. The zero-order valence-electron chi connectivity index (χ0n) is 10.9. The first-order valence-electron chi connectivity index (χ1n) is 7.22. The first kappa shape index (κ1) is 12.2. The van der Waals surface area contributed by atoms with E-state index in [1.165, 1.54) is 38.6 Å². The average molecular weight is 249 g/mol. The van der Waals surface area contributed by atoms with Crippen LogP contribution in [0, 0.1) is 5.92 Å². The molecule has 100 valence electrons. The number of oxazole rings is 1. The number of rotatable bonds is 3. The molecule has 0 aromatic carbocycles. The van der Waals surface area contributed by atoms with E-state index in [4.69, 9.17) is 10.2 Å². The Bertz CT molecular complexity index is 359. The van der Waals surface area contributed by atoms with Crippen LogP contribution in [0.4, 0.5) is 0 Å². The van der Waals surface area contributed by atoms with Gasteiger partial charge >= 0.3 is 0 Å². The summed E-state index contributed by atoms with van der Waals surface area (Å²) in [5.74, 6) is 1.69. The van der Waals surface area contributed by atoms with E-state index < -0.39 is 0 Å². The van der Waals surface area contributed by atoms with Crippen molar-refractivity contribution in [3.8, 4) is 0 Å². The van der Waals surface area contributed by atoms with Gasteiger partial charge in [-0.25, -0.2) is 4.98 Å². The Balaban J connectivity index is 1.65. The summed E-state index contributed by atoms with van der Waals surface area (Å²) in [6.07, 6.45) is 11.3. The molecule has 2 heterocycles. The van der Waals surface area contributed by atoms with Crippen molar-refractivity contribution in [1.82, 2.24) is 9.88 Å².